The van der Waals surface area contributed by atoms with Crippen LogP contribution in [0.1, 0.15) is 33.1 Å². The standard InChI is InChI=1S/C9H16O2.H2S/c1-4-5-6-7-9(2,3)8(10)11;/h4H,1,5-7H2,2-3H3,(H,10,11);1H2. The molecular formula is C9H18O2S. The molecule has 0 rings (SSSR count). The maximum absolute atomic E-state index is 10.6. The number of hydrogen-bond donors (Lipinski definition) is 1. The summed E-state index contributed by atoms with van der Waals surface area (Å²) < 4.78 is 0. The molecule has 12 heavy (non-hydrogen) atoms. The predicted molar refractivity (Wildman–Crippen MR) is 55.8 cm³/mol. The van der Waals surface area contributed by atoms with Gasteiger partial charge in [-0.05, 0) is 33.1 Å². The fraction of sp³-hybridized carbons (Fsp3) is 0.667. The topological polar surface area (TPSA) is 37.3 Å². The third-order valence-electron chi connectivity index (χ3n) is 1.79. The second kappa shape index (κ2) is 6.12. The molecule has 0 aromatic rings. The van der Waals surface area contributed by atoms with Crippen molar-refractivity contribution in [3.05, 3.63) is 12.7 Å². The maximum Gasteiger partial charge on any atom is 0.309 e. The van der Waals surface area contributed by atoms with Gasteiger partial charge >= 0.3 is 5.97 Å². The van der Waals surface area contributed by atoms with E-state index >= 15 is 0 Å². The zero-order chi connectivity index (χ0) is 8.91. The van der Waals surface area contributed by atoms with Crippen molar-refractivity contribution in [1.29, 1.82) is 0 Å². The van der Waals surface area contributed by atoms with Crippen LogP contribution in [-0.4, -0.2) is 11.1 Å². The number of allylic oxidation sites excluding steroid dienone is 1. The van der Waals surface area contributed by atoms with Gasteiger partial charge in [0.05, 0.1) is 5.41 Å². The Morgan fingerprint density at radius 2 is 2.08 bits per heavy atom. The van der Waals surface area contributed by atoms with Crippen molar-refractivity contribution in [2.24, 2.45) is 5.41 Å². The first-order valence-electron chi connectivity index (χ1n) is 3.85. The molecule has 0 aliphatic heterocycles. The normalized spacial score (nSPS) is 10.2. The highest BCUT2D eigenvalue weighted by atomic mass is 32.1. The average Bonchev–Trinajstić information content (AvgIpc) is 1.88. The minimum atomic E-state index is -0.721. The van der Waals surface area contributed by atoms with Crippen molar-refractivity contribution in [3.63, 3.8) is 0 Å². The molecule has 0 aromatic carbocycles. The number of carbonyl (C=O) groups is 1. The smallest absolute Gasteiger partial charge is 0.309 e. The summed E-state index contributed by atoms with van der Waals surface area (Å²) in [6.45, 7) is 7.07. The number of rotatable bonds is 5. The number of carboxylic acid groups (broad SMARTS) is 1. The van der Waals surface area contributed by atoms with E-state index in [1.807, 2.05) is 6.08 Å². The van der Waals surface area contributed by atoms with Gasteiger partial charge in [0.2, 0.25) is 0 Å². The van der Waals surface area contributed by atoms with E-state index in [1.54, 1.807) is 13.8 Å². The first-order chi connectivity index (χ1) is 5.00. The van der Waals surface area contributed by atoms with Gasteiger partial charge < -0.3 is 5.11 Å². The molecule has 0 spiro atoms. The van der Waals surface area contributed by atoms with E-state index in [2.05, 4.69) is 6.58 Å². The molecule has 0 bridgehead atoms. The molecule has 0 heterocycles. The zero-order valence-corrected chi connectivity index (χ0v) is 8.76. The summed E-state index contributed by atoms with van der Waals surface area (Å²) in [5.74, 6) is -0.721. The highest BCUT2D eigenvalue weighted by molar-refractivity contribution is 7.59. The third kappa shape index (κ3) is 5.24. The van der Waals surface area contributed by atoms with Gasteiger partial charge in [0, 0.05) is 0 Å². The molecule has 0 aromatic heterocycles. The van der Waals surface area contributed by atoms with Crippen molar-refractivity contribution in [2.75, 3.05) is 0 Å². The quantitative estimate of drug-likeness (QED) is 0.534. The highest BCUT2D eigenvalue weighted by Gasteiger charge is 2.25. The average molecular weight is 190 g/mol. The van der Waals surface area contributed by atoms with Crippen LogP contribution in [0.25, 0.3) is 0 Å². The minimum absolute atomic E-state index is 0. The molecule has 0 aliphatic rings. The fourth-order valence-corrected chi connectivity index (χ4v) is 0.795. The molecule has 0 saturated carbocycles. The van der Waals surface area contributed by atoms with E-state index in [-0.39, 0.29) is 13.5 Å². The number of unbranched alkanes of at least 4 members (excludes halogenated alkanes) is 1. The van der Waals surface area contributed by atoms with Crippen molar-refractivity contribution in [1.82, 2.24) is 0 Å². The lowest BCUT2D eigenvalue weighted by Gasteiger charge is -2.17. The van der Waals surface area contributed by atoms with Gasteiger partial charge in [-0.25, -0.2) is 0 Å². The van der Waals surface area contributed by atoms with E-state index in [1.165, 1.54) is 0 Å². The Hall–Kier alpha value is -0.440. The Kier molecular flexibility index (Phi) is 7.19. The molecule has 2 nitrogen and oxygen atoms in total. The molecule has 0 fully saturated rings. The SMILES string of the molecule is C=CCCCC(C)(C)C(=O)O.S. The van der Waals surface area contributed by atoms with Gasteiger partial charge in [0.1, 0.15) is 0 Å². The van der Waals surface area contributed by atoms with Crippen LogP contribution in [0.4, 0.5) is 0 Å². The highest BCUT2D eigenvalue weighted by Crippen LogP contribution is 2.23. The molecule has 3 heteroatoms. The molecule has 0 unspecified atom stereocenters. The van der Waals surface area contributed by atoms with Crippen molar-refractivity contribution < 1.29 is 9.90 Å². The summed E-state index contributed by atoms with van der Waals surface area (Å²) in [7, 11) is 0. The predicted octanol–water partition coefficient (Wildman–Crippen LogP) is 2.57. The summed E-state index contributed by atoms with van der Waals surface area (Å²) in [6, 6.07) is 0. The van der Waals surface area contributed by atoms with Gasteiger partial charge in [0.15, 0.2) is 0 Å². The summed E-state index contributed by atoms with van der Waals surface area (Å²) in [4.78, 5) is 10.6. The van der Waals surface area contributed by atoms with Crippen molar-refractivity contribution >= 4 is 19.5 Å². The Balaban J connectivity index is 0. The Bertz CT molecular complexity index is 153. The zero-order valence-electron chi connectivity index (χ0n) is 7.76. The van der Waals surface area contributed by atoms with Gasteiger partial charge in [-0.15, -0.1) is 6.58 Å². The van der Waals surface area contributed by atoms with Crippen LogP contribution in [0.15, 0.2) is 12.7 Å². The van der Waals surface area contributed by atoms with Gasteiger partial charge in [-0.3, -0.25) is 4.79 Å². The third-order valence-corrected chi connectivity index (χ3v) is 1.79. The van der Waals surface area contributed by atoms with Crippen LogP contribution in [-0.2, 0) is 4.79 Å². The lowest BCUT2D eigenvalue weighted by molar-refractivity contribution is -0.147. The second-order valence-electron chi connectivity index (χ2n) is 3.37. The van der Waals surface area contributed by atoms with E-state index in [9.17, 15) is 4.79 Å². The minimum Gasteiger partial charge on any atom is -0.481 e. The number of aliphatic carboxylic acids is 1. The molecule has 72 valence electrons. The first kappa shape index (κ1) is 14.1. The summed E-state index contributed by atoms with van der Waals surface area (Å²) in [5, 5.41) is 8.71. The van der Waals surface area contributed by atoms with E-state index in [0.29, 0.717) is 6.42 Å². The largest absolute Gasteiger partial charge is 0.481 e. The molecule has 0 radical (unpaired) electrons. The molecule has 0 atom stereocenters. The Labute approximate surface area is 81.1 Å². The lowest BCUT2D eigenvalue weighted by Crippen LogP contribution is -2.23. The first-order valence-corrected chi connectivity index (χ1v) is 3.85. The Morgan fingerprint density at radius 3 is 2.42 bits per heavy atom. The fourth-order valence-electron chi connectivity index (χ4n) is 0.795. The molecule has 0 amide bonds. The van der Waals surface area contributed by atoms with Crippen LogP contribution in [0, 0.1) is 5.41 Å². The monoisotopic (exact) mass is 190 g/mol. The van der Waals surface area contributed by atoms with Crippen molar-refractivity contribution in [3.8, 4) is 0 Å². The lowest BCUT2D eigenvalue weighted by atomic mass is 9.87. The molecule has 0 saturated heterocycles. The summed E-state index contributed by atoms with van der Waals surface area (Å²) in [5.41, 5.74) is -0.580. The maximum atomic E-state index is 10.6. The van der Waals surface area contributed by atoms with Crippen LogP contribution in [0.3, 0.4) is 0 Å². The van der Waals surface area contributed by atoms with Gasteiger partial charge in [0.25, 0.3) is 0 Å². The van der Waals surface area contributed by atoms with E-state index in [0.717, 1.165) is 12.8 Å². The van der Waals surface area contributed by atoms with Crippen LogP contribution < -0.4 is 0 Å². The summed E-state index contributed by atoms with van der Waals surface area (Å²) >= 11 is 0. The van der Waals surface area contributed by atoms with E-state index < -0.39 is 11.4 Å². The van der Waals surface area contributed by atoms with Crippen LogP contribution in [0.2, 0.25) is 0 Å². The Morgan fingerprint density at radius 1 is 1.58 bits per heavy atom. The van der Waals surface area contributed by atoms with E-state index in [4.69, 9.17) is 5.11 Å². The molecule has 0 aliphatic carbocycles. The number of carboxylic acids is 1. The summed E-state index contributed by atoms with van der Waals surface area (Å²) in [6.07, 6.45) is 4.34. The molecule has 1 N–H and O–H groups in total. The molecular weight excluding hydrogens is 172 g/mol. The van der Waals surface area contributed by atoms with Gasteiger partial charge in [-0.1, -0.05) is 6.08 Å². The number of hydrogen-bond acceptors (Lipinski definition) is 1. The van der Waals surface area contributed by atoms with Gasteiger partial charge in [-0.2, -0.15) is 13.5 Å². The second-order valence-corrected chi connectivity index (χ2v) is 3.37. The van der Waals surface area contributed by atoms with Crippen LogP contribution >= 0.6 is 13.5 Å². The van der Waals surface area contributed by atoms with Crippen molar-refractivity contribution in [2.45, 2.75) is 33.1 Å². The van der Waals surface area contributed by atoms with Crippen LogP contribution in [0.5, 0.6) is 0 Å².